The molecule has 1 fully saturated rings. The molecule has 0 spiro atoms. The summed E-state index contributed by atoms with van der Waals surface area (Å²) in [6.45, 7) is 7.32. The van der Waals surface area contributed by atoms with Gasteiger partial charge in [-0.25, -0.2) is 9.97 Å². The van der Waals surface area contributed by atoms with Gasteiger partial charge in [0.1, 0.15) is 18.2 Å². The second-order valence-electron chi connectivity index (χ2n) is 7.03. The second kappa shape index (κ2) is 9.20. The largest absolute Gasteiger partial charge is 0.491 e. The van der Waals surface area contributed by atoms with Gasteiger partial charge < -0.3 is 9.64 Å². The summed E-state index contributed by atoms with van der Waals surface area (Å²) in [6, 6.07) is 13.5. The number of halogens is 1. The van der Waals surface area contributed by atoms with E-state index in [0.717, 1.165) is 61.4 Å². The van der Waals surface area contributed by atoms with Gasteiger partial charge in [-0.1, -0.05) is 23.7 Å². The molecular weight excluding hydrogens is 386 g/mol. The third-order valence-electron chi connectivity index (χ3n) is 4.98. The summed E-state index contributed by atoms with van der Waals surface area (Å²) < 4.78 is 5.82. The molecule has 0 radical (unpaired) electrons. The van der Waals surface area contributed by atoms with E-state index in [4.69, 9.17) is 21.3 Å². The van der Waals surface area contributed by atoms with Crippen LogP contribution in [0.15, 0.2) is 54.9 Å². The van der Waals surface area contributed by atoms with Crippen molar-refractivity contribution in [2.24, 2.45) is 0 Å². The number of benzene rings is 1. The zero-order chi connectivity index (χ0) is 20.1. The van der Waals surface area contributed by atoms with E-state index in [0.29, 0.717) is 11.6 Å². The van der Waals surface area contributed by atoms with E-state index >= 15 is 0 Å². The maximum atomic E-state index is 6.14. The third-order valence-corrected chi connectivity index (χ3v) is 5.29. The van der Waals surface area contributed by atoms with Gasteiger partial charge in [0.15, 0.2) is 5.82 Å². The number of nitrogens with zero attached hydrogens (tertiary/aromatic N) is 5. The summed E-state index contributed by atoms with van der Waals surface area (Å²) in [6.07, 6.45) is 3.54. The van der Waals surface area contributed by atoms with Crippen molar-refractivity contribution in [2.75, 3.05) is 44.2 Å². The molecule has 0 aliphatic carbocycles. The molecule has 0 bridgehead atoms. The second-order valence-corrected chi connectivity index (χ2v) is 7.44. The Hall–Kier alpha value is -2.70. The first-order valence-electron chi connectivity index (χ1n) is 9.80. The number of pyridine rings is 1. The van der Waals surface area contributed by atoms with Crippen molar-refractivity contribution in [3.63, 3.8) is 0 Å². The van der Waals surface area contributed by atoms with E-state index in [1.807, 2.05) is 43.3 Å². The first kappa shape index (κ1) is 19.6. The average Bonchev–Trinajstić information content (AvgIpc) is 2.76. The number of ether oxygens (including phenoxy) is 1. The number of aromatic nitrogens is 3. The highest BCUT2D eigenvalue weighted by atomic mass is 35.5. The topological polar surface area (TPSA) is 54.4 Å². The van der Waals surface area contributed by atoms with Crippen LogP contribution in [0, 0.1) is 6.92 Å². The summed E-state index contributed by atoms with van der Waals surface area (Å²) >= 11 is 6.14. The minimum atomic E-state index is 0.628. The predicted molar refractivity (Wildman–Crippen MR) is 116 cm³/mol. The molecule has 1 aliphatic rings. The lowest BCUT2D eigenvalue weighted by atomic mass is 10.2. The standard InChI is InChI=1S/C22H24ClN5O/c1-17-16-21(26-22(25-17)18-6-8-24-9-7-18)28-12-10-27(11-13-28)14-15-29-20-5-3-2-4-19(20)23/h2-9,16H,10-15H2,1H3. The molecule has 0 unspecified atom stereocenters. The van der Waals surface area contributed by atoms with Crippen molar-refractivity contribution in [2.45, 2.75) is 6.92 Å². The Morgan fingerprint density at radius 2 is 1.76 bits per heavy atom. The van der Waals surface area contributed by atoms with Crippen molar-refractivity contribution in [3.8, 4) is 17.1 Å². The first-order valence-corrected chi connectivity index (χ1v) is 10.2. The highest BCUT2D eigenvalue weighted by molar-refractivity contribution is 6.32. The number of hydrogen-bond donors (Lipinski definition) is 0. The minimum Gasteiger partial charge on any atom is -0.491 e. The number of para-hydroxylation sites is 1. The first-order chi connectivity index (χ1) is 14.2. The molecule has 0 N–H and O–H groups in total. The van der Waals surface area contributed by atoms with Gasteiger partial charge in [0.25, 0.3) is 0 Å². The zero-order valence-corrected chi connectivity index (χ0v) is 17.2. The van der Waals surface area contributed by atoms with Gasteiger partial charge in [0.05, 0.1) is 5.02 Å². The van der Waals surface area contributed by atoms with Crippen LogP contribution >= 0.6 is 11.6 Å². The Kier molecular flexibility index (Phi) is 6.22. The molecule has 3 heterocycles. The van der Waals surface area contributed by atoms with E-state index < -0.39 is 0 Å². The van der Waals surface area contributed by atoms with Gasteiger partial charge in [-0.15, -0.1) is 0 Å². The van der Waals surface area contributed by atoms with Gasteiger partial charge in [-0.05, 0) is 31.2 Å². The molecule has 29 heavy (non-hydrogen) atoms. The van der Waals surface area contributed by atoms with Crippen molar-refractivity contribution in [3.05, 3.63) is 65.6 Å². The summed E-state index contributed by atoms with van der Waals surface area (Å²) in [4.78, 5) is 18.2. The van der Waals surface area contributed by atoms with Crippen LogP contribution in [-0.4, -0.2) is 59.2 Å². The highest BCUT2D eigenvalue weighted by Crippen LogP contribution is 2.23. The van der Waals surface area contributed by atoms with Gasteiger partial charge in [-0.3, -0.25) is 9.88 Å². The number of aryl methyl sites for hydroxylation is 1. The van der Waals surface area contributed by atoms with Crippen molar-refractivity contribution < 1.29 is 4.74 Å². The maximum absolute atomic E-state index is 6.14. The number of hydrogen-bond acceptors (Lipinski definition) is 6. The van der Waals surface area contributed by atoms with Crippen LogP contribution in [0.25, 0.3) is 11.4 Å². The Labute approximate surface area is 176 Å². The quantitative estimate of drug-likeness (QED) is 0.618. The molecule has 6 nitrogen and oxygen atoms in total. The molecule has 1 aliphatic heterocycles. The molecule has 2 aromatic heterocycles. The summed E-state index contributed by atoms with van der Waals surface area (Å²) in [5, 5.41) is 0.654. The van der Waals surface area contributed by atoms with Crippen LogP contribution in [0.2, 0.25) is 5.02 Å². The minimum absolute atomic E-state index is 0.628. The van der Waals surface area contributed by atoms with E-state index in [2.05, 4.69) is 25.8 Å². The maximum Gasteiger partial charge on any atom is 0.161 e. The van der Waals surface area contributed by atoms with Crippen LogP contribution in [0.1, 0.15) is 5.69 Å². The van der Waals surface area contributed by atoms with Crippen LogP contribution in [0.3, 0.4) is 0 Å². The Morgan fingerprint density at radius 3 is 2.52 bits per heavy atom. The normalized spacial score (nSPS) is 14.8. The Bertz CT molecular complexity index is 945. The number of anilines is 1. The van der Waals surface area contributed by atoms with E-state index in [1.54, 1.807) is 12.4 Å². The fourth-order valence-corrected chi connectivity index (χ4v) is 3.58. The lowest BCUT2D eigenvalue weighted by molar-refractivity contribution is 0.200. The molecule has 3 aromatic rings. The molecule has 4 rings (SSSR count). The smallest absolute Gasteiger partial charge is 0.161 e. The number of rotatable bonds is 6. The molecule has 0 saturated carbocycles. The molecular formula is C22H24ClN5O. The van der Waals surface area contributed by atoms with Gasteiger partial charge in [-0.2, -0.15) is 0 Å². The average molecular weight is 410 g/mol. The molecule has 1 saturated heterocycles. The van der Waals surface area contributed by atoms with Gasteiger partial charge in [0.2, 0.25) is 0 Å². The molecule has 1 aromatic carbocycles. The van der Waals surface area contributed by atoms with Crippen molar-refractivity contribution in [1.82, 2.24) is 19.9 Å². The van der Waals surface area contributed by atoms with Crippen molar-refractivity contribution >= 4 is 17.4 Å². The predicted octanol–water partition coefficient (Wildman–Crippen LogP) is 3.70. The lowest BCUT2D eigenvalue weighted by Crippen LogP contribution is -2.47. The van der Waals surface area contributed by atoms with E-state index in [9.17, 15) is 0 Å². The Morgan fingerprint density at radius 1 is 1.00 bits per heavy atom. The molecule has 7 heteroatoms. The van der Waals surface area contributed by atoms with E-state index in [-0.39, 0.29) is 0 Å². The summed E-state index contributed by atoms with van der Waals surface area (Å²) in [5.74, 6) is 2.47. The Balaban J connectivity index is 1.33. The third kappa shape index (κ3) is 5.02. The zero-order valence-electron chi connectivity index (χ0n) is 16.5. The molecule has 0 atom stereocenters. The molecule has 0 amide bonds. The monoisotopic (exact) mass is 409 g/mol. The molecule has 150 valence electrons. The number of piperazine rings is 1. The van der Waals surface area contributed by atoms with Gasteiger partial charge >= 0.3 is 0 Å². The van der Waals surface area contributed by atoms with Crippen molar-refractivity contribution in [1.29, 1.82) is 0 Å². The summed E-state index contributed by atoms with van der Waals surface area (Å²) in [5.41, 5.74) is 1.96. The highest BCUT2D eigenvalue weighted by Gasteiger charge is 2.19. The van der Waals surface area contributed by atoms with Crippen LogP contribution in [0.4, 0.5) is 5.82 Å². The van der Waals surface area contributed by atoms with Gasteiger partial charge in [0, 0.05) is 62.4 Å². The summed E-state index contributed by atoms with van der Waals surface area (Å²) in [7, 11) is 0. The fraction of sp³-hybridized carbons (Fsp3) is 0.318. The SMILES string of the molecule is Cc1cc(N2CCN(CCOc3ccccc3Cl)CC2)nc(-c2ccncc2)n1. The van der Waals surface area contributed by atoms with Crippen LogP contribution < -0.4 is 9.64 Å². The van der Waals surface area contributed by atoms with E-state index in [1.165, 1.54) is 0 Å². The fourth-order valence-electron chi connectivity index (χ4n) is 3.39. The lowest BCUT2D eigenvalue weighted by Gasteiger charge is -2.35. The van der Waals surface area contributed by atoms with Crippen LogP contribution in [0.5, 0.6) is 5.75 Å². The van der Waals surface area contributed by atoms with Crippen LogP contribution in [-0.2, 0) is 0 Å².